The highest BCUT2D eigenvalue weighted by atomic mass is 32.2. The maximum Gasteiger partial charge on any atom is 0.314 e. The second kappa shape index (κ2) is 9.28. The van der Waals surface area contributed by atoms with Crippen molar-refractivity contribution in [2.24, 2.45) is 5.92 Å². The van der Waals surface area contributed by atoms with Gasteiger partial charge in [-0.25, -0.2) is 0 Å². The molecule has 1 aliphatic carbocycles. The van der Waals surface area contributed by atoms with Gasteiger partial charge in [0.05, 0.1) is 5.92 Å². The van der Waals surface area contributed by atoms with Crippen molar-refractivity contribution in [1.82, 2.24) is 0 Å². The van der Waals surface area contributed by atoms with Crippen molar-refractivity contribution in [3.8, 4) is 5.75 Å². The number of fused-ring (bicyclic) bond motifs is 1. The lowest BCUT2D eigenvalue weighted by molar-refractivity contribution is -0.139. The van der Waals surface area contributed by atoms with Crippen molar-refractivity contribution in [1.29, 1.82) is 0 Å². The number of benzene rings is 2. The Morgan fingerprint density at radius 2 is 1.80 bits per heavy atom. The van der Waals surface area contributed by atoms with Crippen molar-refractivity contribution >= 4 is 28.5 Å². The van der Waals surface area contributed by atoms with E-state index in [1.807, 2.05) is 23.9 Å². The molecule has 0 saturated heterocycles. The first-order valence-electron chi connectivity index (χ1n) is 9.66. The van der Waals surface area contributed by atoms with Gasteiger partial charge in [0.25, 0.3) is 0 Å². The monoisotopic (exact) mass is 356 g/mol. The van der Waals surface area contributed by atoms with E-state index >= 15 is 0 Å². The molecule has 3 rings (SSSR count). The summed E-state index contributed by atoms with van der Waals surface area (Å²) < 4.78 is 5.82. The van der Waals surface area contributed by atoms with Crippen molar-refractivity contribution in [3.05, 3.63) is 36.4 Å². The summed E-state index contributed by atoms with van der Waals surface area (Å²) in [7, 11) is 0. The standard InChI is InChI=1S/C22H28O2S/c1-2-3-9-16-25-21-15-14-20(18-12-7-8-13-19(18)21)24-22(23)17-10-5-4-6-11-17/h7-8,12-15,17H,2-6,9-11,16H2,1H3. The fourth-order valence-electron chi connectivity index (χ4n) is 3.52. The lowest BCUT2D eigenvalue weighted by Gasteiger charge is -2.20. The third kappa shape index (κ3) is 4.78. The summed E-state index contributed by atoms with van der Waals surface area (Å²) >= 11 is 1.91. The first-order valence-corrected chi connectivity index (χ1v) is 10.6. The van der Waals surface area contributed by atoms with Crippen LogP contribution in [0, 0.1) is 5.92 Å². The molecule has 3 heteroatoms. The quantitative estimate of drug-likeness (QED) is 0.242. The molecular weight excluding hydrogens is 328 g/mol. The van der Waals surface area contributed by atoms with Crippen LogP contribution in [0.5, 0.6) is 5.75 Å². The molecule has 1 aliphatic rings. The Balaban J connectivity index is 1.76. The molecule has 1 saturated carbocycles. The van der Waals surface area contributed by atoms with Crippen LogP contribution in [0.2, 0.25) is 0 Å². The molecule has 0 radical (unpaired) electrons. The van der Waals surface area contributed by atoms with E-state index in [0.717, 1.165) is 36.8 Å². The van der Waals surface area contributed by atoms with Gasteiger partial charge >= 0.3 is 5.97 Å². The van der Waals surface area contributed by atoms with E-state index in [9.17, 15) is 4.79 Å². The van der Waals surface area contributed by atoms with Gasteiger partial charge in [-0.1, -0.05) is 63.3 Å². The number of unbranched alkanes of at least 4 members (excludes halogenated alkanes) is 2. The molecule has 134 valence electrons. The molecule has 2 aromatic rings. The maximum absolute atomic E-state index is 12.5. The van der Waals surface area contributed by atoms with E-state index < -0.39 is 0 Å². The normalized spacial score (nSPS) is 15.4. The third-order valence-electron chi connectivity index (χ3n) is 5.00. The molecule has 0 unspecified atom stereocenters. The lowest BCUT2D eigenvalue weighted by Crippen LogP contribution is -2.22. The van der Waals surface area contributed by atoms with Gasteiger partial charge in [-0.15, -0.1) is 11.8 Å². The summed E-state index contributed by atoms with van der Waals surface area (Å²) in [6, 6.07) is 12.4. The topological polar surface area (TPSA) is 26.3 Å². The van der Waals surface area contributed by atoms with Crippen LogP contribution in [0.25, 0.3) is 10.8 Å². The Morgan fingerprint density at radius 1 is 1.04 bits per heavy atom. The van der Waals surface area contributed by atoms with Crippen molar-refractivity contribution in [3.63, 3.8) is 0 Å². The molecule has 0 atom stereocenters. The Labute approximate surface area is 155 Å². The predicted octanol–water partition coefficient (Wildman–Crippen LogP) is 6.61. The smallest absolute Gasteiger partial charge is 0.314 e. The van der Waals surface area contributed by atoms with Gasteiger partial charge in [0.15, 0.2) is 0 Å². The zero-order chi connectivity index (χ0) is 17.5. The third-order valence-corrected chi connectivity index (χ3v) is 6.16. The minimum absolute atomic E-state index is 0.0480. The highest BCUT2D eigenvalue weighted by Gasteiger charge is 2.23. The van der Waals surface area contributed by atoms with Crippen LogP contribution >= 0.6 is 11.8 Å². The molecule has 2 nitrogen and oxygen atoms in total. The summed E-state index contributed by atoms with van der Waals surface area (Å²) in [6.45, 7) is 2.23. The fourth-order valence-corrected chi connectivity index (χ4v) is 4.59. The summed E-state index contributed by atoms with van der Waals surface area (Å²) in [5, 5.41) is 2.24. The lowest BCUT2D eigenvalue weighted by atomic mass is 9.89. The largest absolute Gasteiger partial charge is 0.426 e. The van der Waals surface area contributed by atoms with E-state index in [2.05, 4.69) is 31.2 Å². The van der Waals surface area contributed by atoms with E-state index in [-0.39, 0.29) is 11.9 Å². The van der Waals surface area contributed by atoms with Crippen LogP contribution in [-0.2, 0) is 4.79 Å². The molecular formula is C22H28O2S. The fraction of sp³-hybridized carbons (Fsp3) is 0.500. The van der Waals surface area contributed by atoms with E-state index in [0.29, 0.717) is 5.75 Å². The SMILES string of the molecule is CCCCCSc1ccc(OC(=O)C2CCCCC2)c2ccccc12. The van der Waals surface area contributed by atoms with E-state index in [1.54, 1.807) is 0 Å². The van der Waals surface area contributed by atoms with Gasteiger partial charge in [-0.2, -0.15) is 0 Å². The Morgan fingerprint density at radius 3 is 2.56 bits per heavy atom. The molecule has 1 fully saturated rings. The molecule has 0 heterocycles. The van der Waals surface area contributed by atoms with Crippen LogP contribution in [-0.4, -0.2) is 11.7 Å². The number of hydrogen-bond acceptors (Lipinski definition) is 3. The van der Waals surface area contributed by atoms with Gasteiger partial charge in [-0.3, -0.25) is 4.79 Å². The molecule has 0 N–H and O–H groups in total. The van der Waals surface area contributed by atoms with Crippen LogP contribution in [0.1, 0.15) is 58.3 Å². The second-order valence-corrected chi connectivity index (χ2v) is 8.06. The molecule has 0 bridgehead atoms. The number of carbonyl (C=O) groups is 1. The number of hydrogen-bond donors (Lipinski definition) is 0. The zero-order valence-corrected chi connectivity index (χ0v) is 15.9. The molecule has 0 amide bonds. The Bertz CT molecular complexity index is 704. The Hall–Kier alpha value is -1.48. The van der Waals surface area contributed by atoms with Gasteiger partial charge in [0, 0.05) is 10.3 Å². The zero-order valence-electron chi connectivity index (χ0n) is 15.1. The summed E-state index contributed by atoms with van der Waals surface area (Å²) in [5.74, 6) is 1.88. The molecule has 0 aromatic heterocycles. The van der Waals surface area contributed by atoms with Crippen LogP contribution in [0.4, 0.5) is 0 Å². The first kappa shape index (κ1) is 18.3. The number of rotatable bonds is 7. The average Bonchev–Trinajstić information content (AvgIpc) is 2.67. The predicted molar refractivity (Wildman–Crippen MR) is 106 cm³/mol. The van der Waals surface area contributed by atoms with Gasteiger partial charge in [0.1, 0.15) is 5.75 Å². The van der Waals surface area contributed by atoms with Crippen molar-refractivity contribution in [2.75, 3.05) is 5.75 Å². The summed E-state index contributed by atoms with van der Waals surface area (Å²) in [4.78, 5) is 13.8. The number of ether oxygens (including phenoxy) is 1. The van der Waals surface area contributed by atoms with Gasteiger partial charge in [0.2, 0.25) is 0 Å². The number of carbonyl (C=O) groups excluding carboxylic acids is 1. The number of thioether (sulfide) groups is 1. The van der Waals surface area contributed by atoms with Crippen molar-refractivity contribution < 1.29 is 9.53 Å². The second-order valence-electron chi connectivity index (χ2n) is 6.92. The minimum Gasteiger partial charge on any atom is -0.426 e. The van der Waals surface area contributed by atoms with Gasteiger partial charge in [-0.05, 0) is 42.5 Å². The number of esters is 1. The van der Waals surface area contributed by atoms with Crippen LogP contribution in [0.3, 0.4) is 0 Å². The Kier molecular flexibility index (Phi) is 6.80. The molecule has 0 aliphatic heterocycles. The van der Waals surface area contributed by atoms with Gasteiger partial charge < -0.3 is 4.74 Å². The van der Waals surface area contributed by atoms with Crippen LogP contribution in [0.15, 0.2) is 41.3 Å². The average molecular weight is 357 g/mol. The molecule has 25 heavy (non-hydrogen) atoms. The molecule has 2 aromatic carbocycles. The first-order chi connectivity index (χ1) is 12.3. The van der Waals surface area contributed by atoms with E-state index in [4.69, 9.17) is 4.74 Å². The highest BCUT2D eigenvalue weighted by Crippen LogP contribution is 2.35. The minimum atomic E-state index is -0.0480. The summed E-state index contributed by atoms with van der Waals surface area (Å²) in [5.41, 5.74) is 0. The highest BCUT2D eigenvalue weighted by molar-refractivity contribution is 7.99. The van der Waals surface area contributed by atoms with Crippen LogP contribution < -0.4 is 4.74 Å². The maximum atomic E-state index is 12.5. The molecule has 0 spiro atoms. The summed E-state index contributed by atoms with van der Waals surface area (Å²) in [6.07, 6.45) is 9.26. The van der Waals surface area contributed by atoms with E-state index in [1.165, 1.54) is 36.0 Å². The van der Waals surface area contributed by atoms with Crippen molar-refractivity contribution in [2.45, 2.75) is 63.2 Å².